The van der Waals surface area contributed by atoms with Crippen LogP contribution in [0, 0.1) is 0 Å². The number of hydrogen-bond donors (Lipinski definition) is 3. The Labute approximate surface area is 142 Å². The first-order chi connectivity index (χ1) is 11.5. The Hall–Kier alpha value is -2.87. The lowest BCUT2D eigenvalue weighted by molar-refractivity contribution is -0.136. The van der Waals surface area contributed by atoms with Crippen LogP contribution in [-0.4, -0.2) is 24.0 Å². The molecule has 8 heteroatoms. The number of nitrogens with two attached hydrogens (primary N) is 2. The van der Waals surface area contributed by atoms with E-state index in [1.807, 2.05) is 0 Å². The van der Waals surface area contributed by atoms with Gasteiger partial charge in [0.2, 0.25) is 0 Å². The number of fused-ring (bicyclic) bond motifs is 1. The summed E-state index contributed by atoms with van der Waals surface area (Å²) in [5, 5.41) is 3.84. The second-order valence-electron chi connectivity index (χ2n) is 5.32. The molecule has 0 aliphatic carbocycles. The molecule has 124 valence electrons. The molecule has 0 spiro atoms. The summed E-state index contributed by atoms with van der Waals surface area (Å²) in [6.07, 6.45) is 3.28. The molecule has 1 aliphatic rings. The number of rotatable bonds is 3. The van der Waals surface area contributed by atoms with Crippen molar-refractivity contribution in [1.29, 1.82) is 0 Å². The topological polar surface area (TPSA) is 120 Å². The zero-order valence-corrected chi connectivity index (χ0v) is 13.9. The summed E-state index contributed by atoms with van der Waals surface area (Å²) < 4.78 is 4.94. The lowest BCUT2D eigenvalue weighted by atomic mass is 9.82. The van der Waals surface area contributed by atoms with Crippen LogP contribution >= 0.6 is 11.3 Å². The molecule has 7 nitrogen and oxygen atoms in total. The van der Waals surface area contributed by atoms with Gasteiger partial charge in [-0.2, -0.15) is 0 Å². The minimum absolute atomic E-state index is 0.269. The number of anilines is 2. The number of allylic oxidation sites excluding steroid dienone is 1. The van der Waals surface area contributed by atoms with Gasteiger partial charge in [0.1, 0.15) is 4.88 Å². The lowest BCUT2D eigenvalue weighted by Gasteiger charge is -2.28. The summed E-state index contributed by atoms with van der Waals surface area (Å²) in [5.74, 6) is -1.51. The first kappa shape index (κ1) is 16.0. The minimum Gasteiger partial charge on any atom is -0.466 e. The molecular formula is C16H16N4O3S. The van der Waals surface area contributed by atoms with Gasteiger partial charge in [-0.05, 0) is 24.6 Å². The van der Waals surface area contributed by atoms with Crippen LogP contribution in [0.1, 0.15) is 33.6 Å². The van der Waals surface area contributed by atoms with Crippen LogP contribution < -0.4 is 16.8 Å². The van der Waals surface area contributed by atoms with Crippen molar-refractivity contribution in [1.82, 2.24) is 4.98 Å². The Morgan fingerprint density at radius 3 is 2.58 bits per heavy atom. The zero-order valence-electron chi connectivity index (χ0n) is 13.1. The normalized spacial score (nSPS) is 16.3. The van der Waals surface area contributed by atoms with Crippen molar-refractivity contribution in [2.75, 3.05) is 18.2 Å². The molecule has 0 saturated heterocycles. The summed E-state index contributed by atoms with van der Waals surface area (Å²) >= 11 is 1.18. The van der Waals surface area contributed by atoms with Gasteiger partial charge in [-0.25, -0.2) is 4.79 Å². The number of hydrogen-bond acceptors (Lipinski definition) is 7. The number of carbonyl (C=O) groups is 2. The maximum absolute atomic E-state index is 12.4. The van der Waals surface area contributed by atoms with Crippen LogP contribution in [0.3, 0.4) is 0 Å². The third kappa shape index (κ3) is 2.41. The number of methoxy groups -OCH3 is 1. The number of aromatic nitrogens is 1. The second-order valence-corrected chi connectivity index (χ2v) is 6.34. The van der Waals surface area contributed by atoms with Crippen molar-refractivity contribution in [3.63, 3.8) is 0 Å². The van der Waals surface area contributed by atoms with E-state index in [1.165, 1.54) is 18.4 Å². The van der Waals surface area contributed by atoms with Crippen LogP contribution in [0.2, 0.25) is 0 Å². The Kier molecular flexibility index (Phi) is 3.98. The highest BCUT2D eigenvalue weighted by Gasteiger charge is 2.37. The maximum Gasteiger partial charge on any atom is 0.336 e. The van der Waals surface area contributed by atoms with Crippen molar-refractivity contribution in [3.05, 3.63) is 51.8 Å². The van der Waals surface area contributed by atoms with E-state index in [1.54, 1.807) is 31.5 Å². The van der Waals surface area contributed by atoms with E-state index in [0.29, 0.717) is 21.8 Å². The van der Waals surface area contributed by atoms with Crippen molar-refractivity contribution in [2.24, 2.45) is 5.73 Å². The maximum atomic E-state index is 12.4. The number of nitrogens with one attached hydrogen (secondary N) is 1. The largest absolute Gasteiger partial charge is 0.466 e. The molecular weight excluding hydrogens is 328 g/mol. The predicted octanol–water partition coefficient (Wildman–Crippen LogP) is 1.83. The molecule has 1 amide bonds. The molecule has 24 heavy (non-hydrogen) atoms. The van der Waals surface area contributed by atoms with Gasteiger partial charge >= 0.3 is 5.97 Å². The first-order valence-corrected chi connectivity index (χ1v) is 7.95. The summed E-state index contributed by atoms with van der Waals surface area (Å²) in [6, 6.07) is 3.61. The van der Waals surface area contributed by atoms with E-state index in [9.17, 15) is 9.59 Å². The Balaban J connectivity index is 2.28. The highest BCUT2D eigenvalue weighted by atomic mass is 32.1. The number of amides is 1. The average molecular weight is 344 g/mol. The molecule has 0 fully saturated rings. The lowest BCUT2D eigenvalue weighted by Crippen LogP contribution is -2.23. The molecule has 3 heterocycles. The number of thiophene rings is 1. The summed E-state index contributed by atoms with van der Waals surface area (Å²) in [7, 11) is 1.33. The number of nitrogen functional groups attached to an aromatic ring is 1. The zero-order chi connectivity index (χ0) is 17.4. The van der Waals surface area contributed by atoms with Crippen molar-refractivity contribution < 1.29 is 14.3 Å². The van der Waals surface area contributed by atoms with Crippen LogP contribution in [-0.2, 0) is 9.53 Å². The molecule has 1 atom stereocenters. The van der Waals surface area contributed by atoms with E-state index in [4.69, 9.17) is 16.2 Å². The van der Waals surface area contributed by atoms with Crippen molar-refractivity contribution in [2.45, 2.75) is 12.8 Å². The van der Waals surface area contributed by atoms with Gasteiger partial charge in [0.25, 0.3) is 5.91 Å². The van der Waals surface area contributed by atoms with E-state index in [0.717, 1.165) is 5.56 Å². The smallest absolute Gasteiger partial charge is 0.336 e. The summed E-state index contributed by atoms with van der Waals surface area (Å²) in [6.45, 7) is 1.78. The monoisotopic (exact) mass is 344 g/mol. The number of esters is 1. The van der Waals surface area contributed by atoms with E-state index >= 15 is 0 Å². The van der Waals surface area contributed by atoms with Gasteiger partial charge in [0.15, 0.2) is 0 Å². The van der Waals surface area contributed by atoms with E-state index in [2.05, 4.69) is 10.3 Å². The molecule has 2 aromatic heterocycles. The van der Waals surface area contributed by atoms with Crippen LogP contribution in [0.4, 0.5) is 10.7 Å². The number of primary amides is 1. The SMILES string of the molecule is COC(=O)C1=C(C)Nc2sc(C(N)=O)c(N)c2[C@H]1c1ccncc1. The van der Waals surface area contributed by atoms with Gasteiger partial charge in [-0.3, -0.25) is 9.78 Å². The quantitative estimate of drug-likeness (QED) is 0.731. The molecule has 1 aliphatic heterocycles. The third-order valence-electron chi connectivity index (χ3n) is 3.93. The van der Waals surface area contributed by atoms with Crippen molar-refractivity contribution in [3.8, 4) is 0 Å². The van der Waals surface area contributed by atoms with Gasteiger partial charge in [0, 0.05) is 29.6 Å². The highest BCUT2D eigenvalue weighted by Crippen LogP contribution is 2.49. The van der Waals surface area contributed by atoms with E-state index < -0.39 is 17.8 Å². The number of carbonyl (C=O) groups excluding carboxylic acids is 2. The summed E-state index contributed by atoms with van der Waals surface area (Å²) in [4.78, 5) is 28.3. The van der Waals surface area contributed by atoms with Gasteiger partial charge < -0.3 is 21.5 Å². The van der Waals surface area contributed by atoms with E-state index in [-0.39, 0.29) is 10.6 Å². The number of pyridine rings is 1. The van der Waals surface area contributed by atoms with Crippen molar-refractivity contribution >= 4 is 33.9 Å². The van der Waals surface area contributed by atoms with Gasteiger partial charge in [-0.1, -0.05) is 0 Å². The van der Waals surface area contributed by atoms with Gasteiger partial charge in [0.05, 0.1) is 23.4 Å². The first-order valence-electron chi connectivity index (χ1n) is 7.13. The van der Waals surface area contributed by atoms with Crippen LogP contribution in [0.25, 0.3) is 0 Å². The molecule has 0 unspecified atom stereocenters. The molecule has 0 aromatic carbocycles. The number of nitrogens with zero attached hydrogens (tertiary/aromatic N) is 1. The van der Waals surface area contributed by atoms with Gasteiger partial charge in [-0.15, -0.1) is 11.3 Å². The Morgan fingerprint density at radius 2 is 2.00 bits per heavy atom. The third-order valence-corrected chi connectivity index (χ3v) is 5.09. The molecule has 0 bridgehead atoms. The average Bonchev–Trinajstić information content (AvgIpc) is 2.90. The van der Waals surface area contributed by atoms with Crippen LogP contribution in [0.5, 0.6) is 0 Å². The Bertz CT molecular complexity index is 858. The summed E-state index contributed by atoms with van der Waals surface area (Å²) in [5.41, 5.74) is 14.5. The number of ether oxygens (including phenoxy) is 1. The second kappa shape index (κ2) is 5.97. The molecule has 3 rings (SSSR count). The molecule has 0 radical (unpaired) electrons. The standard InChI is InChI=1S/C16H16N4O3S/c1-7-9(16(22)23-2)10(8-3-5-19-6-4-8)11-12(17)13(14(18)21)24-15(11)20-7/h3-6,10,20H,17H2,1-2H3,(H2,18,21)/t10-/m0/s1. The Morgan fingerprint density at radius 1 is 1.33 bits per heavy atom. The molecule has 0 saturated carbocycles. The predicted molar refractivity (Wildman–Crippen MR) is 91.7 cm³/mol. The highest BCUT2D eigenvalue weighted by molar-refractivity contribution is 7.18. The van der Waals surface area contributed by atoms with Crippen LogP contribution in [0.15, 0.2) is 35.8 Å². The fraction of sp³-hybridized carbons (Fsp3) is 0.188. The minimum atomic E-state index is -0.598. The molecule has 2 aromatic rings. The fourth-order valence-corrected chi connectivity index (χ4v) is 3.95. The fourth-order valence-electron chi connectivity index (χ4n) is 2.89. The molecule has 5 N–H and O–H groups in total.